The number of carbonyl (C=O) groups is 2. The Morgan fingerprint density at radius 2 is 1.92 bits per heavy atom. The molecule has 0 radical (unpaired) electrons. The van der Waals surface area contributed by atoms with E-state index in [1.807, 2.05) is 0 Å². The van der Waals surface area contributed by atoms with Gasteiger partial charge in [-0.3, -0.25) is 9.59 Å². The van der Waals surface area contributed by atoms with Crippen molar-refractivity contribution in [2.24, 2.45) is 0 Å². The van der Waals surface area contributed by atoms with Gasteiger partial charge in [-0.25, -0.2) is 4.39 Å². The Bertz CT molecular complexity index is 698. The van der Waals surface area contributed by atoms with E-state index in [9.17, 15) is 14.0 Å². The zero-order valence-electron chi connectivity index (χ0n) is 15.2. The molecule has 26 heavy (non-hydrogen) atoms. The predicted octanol–water partition coefficient (Wildman–Crippen LogP) is 3.76. The number of hydrogen-bond acceptors (Lipinski definition) is 3. The minimum atomic E-state index is -0.685. The van der Waals surface area contributed by atoms with Crippen LogP contribution in [-0.2, 0) is 11.3 Å². The van der Waals surface area contributed by atoms with E-state index in [1.165, 1.54) is 18.4 Å². The number of unbranched alkanes of at least 4 members (excludes halogenated alkanes) is 2. The molecule has 5 nitrogen and oxygen atoms in total. The van der Waals surface area contributed by atoms with Crippen LogP contribution in [0.3, 0.4) is 0 Å². The molecule has 0 aliphatic heterocycles. The van der Waals surface area contributed by atoms with E-state index in [0.717, 1.165) is 24.8 Å². The molecule has 1 N–H and O–H groups in total. The van der Waals surface area contributed by atoms with Crippen molar-refractivity contribution in [3.63, 3.8) is 0 Å². The number of hydrogen-bond donors (Lipinski definition) is 1. The van der Waals surface area contributed by atoms with E-state index in [0.29, 0.717) is 13.1 Å². The topological polar surface area (TPSA) is 62.6 Å². The van der Waals surface area contributed by atoms with Crippen molar-refractivity contribution in [2.75, 3.05) is 6.54 Å². The van der Waals surface area contributed by atoms with Crippen molar-refractivity contribution in [2.45, 2.75) is 45.7 Å². The molecule has 2 aromatic rings. The summed E-state index contributed by atoms with van der Waals surface area (Å²) >= 11 is 0. The first kappa shape index (κ1) is 19.7. The van der Waals surface area contributed by atoms with Gasteiger partial charge in [-0.05, 0) is 43.2 Å². The Hall–Kier alpha value is -2.63. The molecule has 2 rings (SSSR count). The van der Waals surface area contributed by atoms with Gasteiger partial charge in [0.1, 0.15) is 11.9 Å². The summed E-state index contributed by atoms with van der Waals surface area (Å²) in [6.07, 6.45) is 4.35. The molecule has 0 fully saturated rings. The Balaban J connectivity index is 2.02. The molecule has 0 aliphatic rings. The van der Waals surface area contributed by atoms with Gasteiger partial charge < -0.3 is 14.6 Å². The maximum atomic E-state index is 13.1. The number of halogens is 1. The smallest absolute Gasteiger partial charge is 0.287 e. The third-order valence-corrected chi connectivity index (χ3v) is 4.09. The van der Waals surface area contributed by atoms with E-state index in [2.05, 4.69) is 12.2 Å². The van der Waals surface area contributed by atoms with Gasteiger partial charge in [0.2, 0.25) is 5.91 Å². The highest BCUT2D eigenvalue weighted by atomic mass is 19.1. The first-order valence-electron chi connectivity index (χ1n) is 8.89. The lowest BCUT2D eigenvalue weighted by Crippen LogP contribution is -2.47. The van der Waals surface area contributed by atoms with Gasteiger partial charge in [-0.15, -0.1) is 0 Å². The highest BCUT2D eigenvalue weighted by molar-refractivity contribution is 5.95. The summed E-state index contributed by atoms with van der Waals surface area (Å²) in [6.45, 7) is 4.72. The number of benzene rings is 1. The van der Waals surface area contributed by atoms with Gasteiger partial charge >= 0.3 is 0 Å². The van der Waals surface area contributed by atoms with Crippen LogP contribution in [0.25, 0.3) is 0 Å². The van der Waals surface area contributed by atoms with Gasteiger partial charge in [-0.2, -0.15) is 0 Å². The number of amides is 2. The normalized spacial score (nSPS) is 11.8. The molecule has 0 aliphatic carbocycles. The summed E-state index contributed by atoms with van der Waals surface area (Å²) in [4.78, 5) is 26.6. The SMILES string of the molecule is CCCCCN(Cc1ccc(F)cc1)C(=O)C(C)NC(=O)c1ccco1. The molecule has 0 spiro atoms. The highest BCUT2D eigenvalue weighted by Gasteiger charge is 2.23. The number of furan rings is 1. The zero-order valence-corrected chi connectivity index (χ0v) is 15.2. The maximum Gasteiger partial charge on any atom is 0.287 e. The molecular formula is C20H25FN2O3. The van der Waals surface area contributed by atoms with Crippen LogP contribution in [0.5, 0.6) is 0 Å². The molecule has 2 amide bonds. The molecule has 1 aromatic carbocycles. The van der Waals surface area contributed by atoms with Crippen molar-refractivity contribution in [3.05, 3.63) is 59.8 Å². The van der Waals surface area contributed by atoms with Gasteiger partial charge in [0.25, 0.3) is 5.91 Å². The Morgan fingerprint density at radius 1 is 1.19 bits per heavy atom. The van der Waals surface area contributed by atoms with Gasteiger partial charge in [0.05, 0.1) is 6.26 Å². The van der Waals surface area contributed by atoms with Crippen LogP contribution in [-0.4, -0.2) is 29.3 Å². The lowest BCUT2D eigenvalue weighted by molar-refractivity contribution is -0.133. The second-order valence-corrected chi connectivity index (χ2v) is 6.27. The quantitative estimate of drug-likeness (QED) is 0.693. The predicted molar refractivity (Wildman–Crippen MR) is 97.0 cm³/mol. The first-order valence-corrected chi connectivity index (χ1v) is 8.89. The van der Waals surface area contributed by atoms with Crippen LogP contribution in [0, 0.1) is 5.82 Å². The monoisotopic (exact) mass is 360 g/mol. The number of carbonyl (C=O) groups excluding carboxylic acids is 2. The molecule has 140 valence electrons. The molecule has 1 heterocycles. The average Bonchev–Trinajstić information content (AvgIpc) is 3.17. The molecule has 1 aromatic heterocycles. The fourth-order valence-electron chi connectivity index (χ4n) is 2.64. The van der Waals surface area contributed by atoms with Crippen molar-refractivity contribution >= 4 is 11.8 Å². The van der Waals surface area contributed by atoms with Crippen LogP contribution in [0.2, 0.25) is 0 Å². The zero-order chi connectivity index (χ0) is 18.9. The fraction of sp³-hybridized carbons (Fsp3) is 0.400. The van der Waals surface area contributed by atoms with E-state index in [4.69, 9.17) is 4.42 Å². The van der Waals surface area contributed by atoms with Crippen molar-refractivity contribution in [1.29, 1.82) is 0 Å². The Kier molecular flexibility index (Phi) is 7.38. The van der Waals surface area contributed by atoms with E-state index < -0.39 is 11.9 Å². The first-order chi connectivity index (χ1) is 12.5. The average molecular weight is 360 g/mol. The van der Waals surface area contributed by atoms with Gasteiger partial charge in [-0.1, -0.05) is 31.9 Å². The largest absolute Gasteiger partial charge is 0.459 e. The summed E-state index contributed by atoms with van der Waals surface area (Å²) in [7, 11) is 0. The molecule has 6 heteroatoms. The van der Waals surface area contributed by atoms with Crippen LogP contribution in [0.4, 0.5) is 4.39 Å². The summed E-state index contributed by atoms with van der Waals surface area (Å²) in [5, 5.41) is 2.66. The van der Waals surface area contributed by atoms with Gasteiger partial charge in [0.15, 0.2) is 5.76 Å². The lowest BCUT2D eigenvalue weighted by Gasteiger charge is -2.26. The van der Waals surface area contributed by atoms with Crippen molar-refractivity contribution < 1.29 is 18.4 Å². The van der Waals surface area contributed by atoms with Crippen LogP contribution in [0.1, 0.15) is 49.2 Å². The molecule has 0 saturated heterocycles. The summed E-state index contributed by atoms with van der Waals surface area (Å²) in [5.41, 5.74) is 0.848. The van der Waals surface area contributed by atoms with E-state index in [-0.39, 0.29) is 17.5 Å². The van der Waals surface area contributed by atoms with Crippen LogP contribution in [0.15, 0.2) is 47.1 Å². The lowest BCUT2D eigenvalue weighted by atomic mass is 10.1. The third kappa shape index (κ3) is 5.72. The summed E-state index contributed by atoms with van der Waals surface area (Å²) in [5.74, 6) is -0.742. The molecule has 0 bridgehead atoms. The Morgan fingerprint density at radius 3 is 2.54 bits per heavy atom. The number of rotatable bonds is 9. The molecule has 1 atom stereocenters. The molecule has 1 unspecified atom stereocenters. The van der Waals surface area contributed by atoms with Crippen LogP contribution >= 0.6 is 0 Å². The fourth-order valence-corrected chi connectivity index (χ4v) is 2.64. The number of nitrogens with zero attached hydrogens (tertiary/aromatic N) is 1. The maximum absolute atomic E-state index is 13.1. The van der Waals surface area contributed by atoms with Crippen molar-refractivity contribution in [3.8, 4) is 0 Å². The van der Waals surface area contributed by atoms with E-state index in [1.54, 1.807) is 36.1 Å². The van der Waals surface area contributed by atoms with Gasteiger partial charge in [0, 0.05) is 13.1 Å². The second-order valence-electron chi connectivity index (χ2n) is 6.27. The standard InChI is InChI=1S/C20H25FN2O3/c1-3-4-5-12-23(14-16-8-10-17(21)11-9-16)20(25)15(2)22-19(24)18-7-6-13-26-18/h6-11,13,15H,3-5,12,14H2,1-2H3,(H,22,24). The minimum Gasteiger partial charge on any atom is -0.459 e. The third-order valence-electron chi connectivity index (χ3n) is 4.09. The summed E-state index contributed by atoms with van der Waals surface area (Å²) < 4.78 is 18.2. The molecular weight excluding hydrogens is 335 g/mol. The van der Waals surface area contributed by atoms with Crippen molar-refractivity contribution in [1.82, 2.24) is 10.2 Å². The van der Waals surface area contributed by atoms with E-state index >= 15 is 0 Å². The highest BCUT2D eigenvalue weighted by Crippen LogP contribution is 2.11. The molecule has 0 saturated carbocycles. The number of nitrogens with one attached hydrogen (secondary N) is 1. The second kappa shape index (κ2) is 9.75. The summed E-state index contributed by atoms with van der Waals surface area (Å²) in [6, 6.07) is 8.58. The Labute approximate surface area is 153 Å². The van der Waals surface area contributed by atoms with Crippen LogP contribution < -0.4 is 5.32 Å². The minimum absolute atomic E-state index is 0.167.